The van der Waals surface area contributed by atoms with Crippen LogP contribution in [0.15, 0.2) is 48.5 Å². The van der Waals surface area contributed by atoms with Gasteiger partial charge in [0, 0.05) is 22.5 Å². The molecule has 1 nitrogen and oxygen atoms in total. The minimum absolute atomic E-state index is 0.580. The molecule has 0 spiro atoms. The van der Waals surface area contributed by atoms with Crippen LogP contribution in [0.25, 0.3) is 0 Å². The van der Waals surface area contributed by atoms with Gasteiger partial charge in [0.15, 0.2) is 0 Å². The Labute approximate surface area is 127 Å². The van der Waals surface area contributed by atoms with Crippen molar-refractivity contribution in [2.24, 2.45) is 0 Å². The van der Waals surface area contributed by atoms with Crippen LogP contribution in [-0.4, -0.2) is 0 Å². The number of hydrogen-bond acceptors (Lipinski definition) is 1. The first-order chi connectivity index (χ1) is 8.78. The van der Waals surface area contributed by atoms with Crippen molar-refractivity contribution in [1.82, 2.24) is 5.32 Å². The number of hydrogen-bond donors (Lipinski definition) is 1. The molecule has 0 heterocycles. The summed E-state index contributed by atoms with van der Waals surface area (Å²) in [5.74, 6) is 0.580. The molecule has 0 aromatic heterocycles. The molecule has 0 saturated carbocycles. The molecule has 3 heteroatoms. The molecule has 0 saturated heterocycles. The maximum atomic E-state index is 5.76. The zero-order chi connectivity index (χ0) is 12.8. The minimum Gasteiger partial charge on any atom is -0.309 e. The van der Waals surface area contributed by atoms with Gasteiger partial charge in [0.2, 0.25) is 0 Å². The van der Waals surface area contributed by atoms with Crippen molar-refractivity contribution in [3.8, 4) is 0 Å². The lowest BCUT2D eigenvalue weighted by Crippen LogP contribution is -2.12. The number of nitrogens with one attached hydrogen (secondary N) is 1. The molecule has 0 aliphatic carbocycles. The van der Waals surface area contributed by atoms with Crippen LogP contribution in [0, 0.1) is 3.57 Å². The fourth-order valence-electron chi connectivity index (χ4n) is 1.70. The SMILES string of the molecule is ClCc1ccc(CNCc2ccc(I)cc2)cc1. The Hall–Kier alpha value is -0.580. The molecule has 0 unspecified atom stereocenters. The van der Waals surface area contributed by atoms with Crippen LogP contribution >= 0.6 is 34.2 Å². The Bertz CT molecular complexity index is 479. The predicted octanol–water partition coefficient (Wildman–Crippen LogP) is 4.32. The van der Waals surface area contributed by atoms with Gasteiger partial charge >= 0.3 is 0 Å². The molecule has 2 aromatic rings. The van der Waals surface area contributed by atoms with Gasteiger partial charge in [-0.1, -0.05) is 36.4 Å². The normalized spacial score (nSPS) is 10.6. The number of alkyl halides is 1. The van der Waals surface area contributed by atoms with E-state index in [9.17, 15) is 0 Å². The molecule has 0 aliphatic heterocycles. The van der Waals surface area contributed by atoms with Crippen LogP contribution in [0.5, 0.6) is 0 Å². The Morgan fingerprint density at radius 2 is 1.22 bits per heavy atom. The van der Waals surface area contributed by atoms with Gasteiger partial charge in [0.05, 0.1) is 0 Å². The van der Waals surface area contributed by atoms with E-state index in [1.807, 2.05) is 0 Å². The summed E-state index contributed by atoms with van der Waals surface area (Å²) < 4.78 is 1.27. The van der Waals surface area contributed by atoms with E-state index in [2.05, 4.69) is 76.4 Å². The monoisotopic (exact) mass is 371 g/mol. The molecule has 0 atom stereocenters. The molecule has 0 amide bonds. The zero-order valence-corrected chi connectivity index (χ0v) is 12.9. The highest BCUT2D eigenvalue weighted by molar-refractivity contribution is 14.1. The van der Waals surface area contributed by atoms with Gasteiger partial charge in [-0.05, 0) is 51.4 Å². The summed E-state index contributed by atoms with van der Waals surface area (Å²) in [6.07, 6.45) is 0. The Balaban J connectivity index is 1.82. The van der Waals surface area contributed by atoms with Crippen LogP contribution in [0.2, 0.25) is 0 Å². The van der Waals surface area contributed by atoms with Gasteiger partial charge in [0.1, 0.15) is 0 Å². The first-order valence-corrected chi connectivity index (χ1v) is 7.48. The minimum atomic E-state index is 0.580. The molecule has 94 valence electrons. The second-order valence-electron chi connectivity index (χ2n) is 4.18. The average molecular weight is 372 g/mol. The summed E-state index contributed by atoms with van der Waals surface area (Å²) in [5, 5.41) is 3.44. The molecule has 2 aromatic carbocycles. The van der Waals surface area contributed by atoms with Gasteiger partial charge in [0.25, 0.3) is 0 Å². The Morgan fingerprint density at radius 3 is 1.72 bits per heavy atom. The molecular weight excluding hydrogens is 357 g/mol. The van der Waals surface area contributed by atoms with Gasteiger partial charge in [-0.25, -0.2) is 0 Å². The van der Waals surface area contributed by atoms with E-state index in [4.69, 9.17) is 11.6 Å². The summed E-state index contributed by atoms with van der Waals surface area (Å²) in [6.45, 7) is 1.78. The Morgan fingerprint density at radius 1 is 0.778 bits per heavy atom. The summed E-state index contributed by atoms with van der Waals surface area (Å²) in [6, 6.07) is 17.0. The van der Waals surface area contributed by atoms with Crippen molar-refractivity contribution in [2.45, 2.75) is 19.0 Å². The first kappa shape index (κ1) is 13.8. The highest BCUT2D eigenvalue weighted by Gasteiger charge is 1.95. The van der Waals surface area contributed by atoms with E-state index in [1.165, 1.54) is 14.7 Å². The van der Waals surface area contributed by atoms with E-state index in [1.54, 1.807) is 0 Å². The molecular formula is C15H15ClIN. The third-order valence-electron chi connectivity index (χ3n) is 2.75. The van der Waals surface area contributed by atoms with E-state index >= 15 is 0 Å². The van der Waals surface area contributed by atoms with Crippen molar-refractivity contribution in [3.63, 3.8) is 0 Å². The highest BCUT2D eigenvalue weighted by atomic mass is 127. The van der Waals surface area contributed by atoms with Gasteiger partial charge in [-0.15, -0.1) is 11.6 Å². The number of benzene rings is 2. The molecule has 0 aliphatic rings. The third-order valence-corrected chi connectivity index (χ3v) is 3.78. The molecule has 1 N–H and O–H groups in total. The predicted molar refractivity (Wildman–Crippen MR) is 85.7 cm³/mol. The number of rotatable bonds is 5. The first-order valence-electron chi connectivity index (χ1n) is 5.87. The molecule has 2 rings (SSSR count). The van der Waals surface area contributed by atoms with Crippen LogP contribution < -0.4 is 5.32 Å². The van der Waals surface area contributed by atoms with Gasteiger partial charge in [-0.2, -0.15) is 0 Å². The maximum absolute atomic E-state index is 5.76. The molecule has 0 radical (unpaired) electrons. The van der Waals surface area contributed by atoms with Crippen molar-refractivity contribution in [2.75, 3.05) is 0 Å². The average Bonchev–Trinajstić information content (AvgIpc) is 2.42. The van der Waals surface area contributed by atoms with Crippen molar-refractivity contribution < 1.29 is 0 Å². The topological polar surface area (TPSA) is 12.0 Å². The summed E-state index contributed by atoms with van der Waals surface area (Å²) >= 11 is 8.08. The standard InChI is InChI=1S/C15H15ClIN/c16-9-12-1-3-13(4-2-12)10-18-11-14-5-7-15(17)8-6-14/h1-8,18H,9-11H2. The lowest BCUT2D eigenvalue weighted by molar-refractivity contribution is 0.693. The third kappa shape index (κ3) is 4.26. The molecule has 18 heavy (non-hydrogen) atoms. The molecule has 0 bridgehead atoms. The summed E-state index contributed by atoms with van der Waals surface area (Å²) in [4.78, 5) is 0. The lowest BCUT2D eigenvalue weighted by Gasteiger charge is -2.06. The van der Waals surface area contributed by atoms with E-state index in [-0.39, 0.29) is 0 Å². The second kappa shape index (κ2) is 7.12. The zero-order valence-electron chi connectivity index (χ0n) is 10.00. The summed E-state index contributed by atoms with van der Waals surface area (Å²) in [7, 11) is 0. The quantitative estimate of drug-likeness (QED) is 0.610. The molecule has 0 fully saturated rings. The van der Waals surface area contributed by atoms with Crippen molar-refractivity contribution in [1.29, 1.82) is 0 Å². The summed E-state index contributed by atoms with van der Waals surface area (Å²) in [5.41, 5.74) is 3.76. The maximum Gasteiger partial charge on any atom is 0.0474 e. The largest absolute Gasteiger partial charge is 0.309 e. The lowest BCUT2D eigenvalue weighted by atomic mass is 10.1. The van der Waals surface area contributed by atoms with Crippen molar-refractivity contribution >= 4 is 34.2 Å². The van der Waals surface area contributed by atoms with Crippen LogP contribution in [0.3, 0.4) is 0 Å². The highest BCUT2D eigenvalue weighted by Crippen LogP contribution is 2.08. The number of halogens is 2. The fraction of sp³-hybridized carbons (Fsp3) is 0.200. The fourth-order valence-corrected chi connectivity index (χ4v) is 2.24. The van der Waals surface area contributed by atoms with Crippen LogP contribution in [0.4, 0.5) is 0 Å². The smallest absolute Gasteiger partial charge is 0.0474 e. The van der Waals surface area contributed by atoms with Gasteiger partial charge in [-0.3, -0.25) is 0 Å². The second-order valence-corrected chi connectivity index (χ2v) is 5.69. The van der Waals surface area contributed by atoms with E-state index < -0.39 is 0 Å². The Kier molecular flexibility index (Phi) is 5.47. The van der Waals surface area contributed by atoms with Gasteiger partial charge < -0.3 is 5.32 Å². The van der Waals surface area contributed by atoms with Crippen molar-refractivity contribution in [3.05, 3.63) is 68.8 Å². The van der Waals surface area contributed by atoms with Crippen LogP contribution in [0.1, 0.15) is 16.7 Å². The van der Waals surface area contributed by atoms with E-state index in [0.29, 0.717) is 5.88 Å². The van der Waals surface area contributed by atoms with Crippen LogP contribution in [-0.2, 0) is 19.0 Å². The van der Waals surface area contributed by atoms with E-state index in [0.717, 1.165) is 18.7 Å².